The molecule has 3 rings (SSSR count). The summed E-state index contributed by atoms with van der Waals surface area (Å²) < 4.78 is 5.64. The van der Waals surface area contributed by atoms with E-state index >= 15 is 0 Å². The van der Waals surface area contributed by atoms with Gasteiger partial charge < -0.3 is 15.4 Å². The molecule has 1 aliphatic rings. The number of fused-ring (bicyclic) bond motifs is 1. The van der Waals surface area contributed by atoms with Gasteiger partial charge in [-0.1, -0.05) is 15.9 Å². The third-order valence-corrected chi connectivity index (χ3v) is 4.38. The number of carbonyl (C=O) groups excluding carboxylic acids is 2. The van der Waals surface area contributed by atoms with Gasteiger partial charge >= 0.3 is 5.97 Å². The van der Waals surface area contributed by atoms with Crippen LogP contribution in [0, 0.1) is 5.92 Å². The molecule has 1 amide bonds. The lowest BCUT2D eigenvalue weighted by molar-refractivity contribution is -0.119. The van der Waals surface area contributed by atoms with Crippen molar-refractivity contribution in [3.05, 3.63) is 34.4 Å². The number of aromatic nitrogens is 1. The number of hydrogen-bond donors (Lipinski definition) is 2. The molecule has 0 unspecified atom stereocenters. The van der Waals surface area contributed by atoms with E-state index < -0.39 is 5.97 Å². The summed E-state index contributed by atoms with van der Waals surface area (Å²) in [7, 11) is 1.31. The molecule has 0 spiro atoms. The highest BCUT2D eigenvalue weighted by molar-refractivity contribution is 9.10. The van der Waals surface area contributed by atoms with Crippen LogP contribution in [-0.4, -0.2) is 37.1 Å². The average molecular weight is 392 g/mol. The van der Waals surface area contributed by atoms with Crippen molar-refractivity contribution in [2.75, 3.05) is 25.5 Å². The third kappa shape index (κ3) is 4.03. The third-order valence-electron chi connectivity index (χ3n) is 3.89. The Hall–Kier alpha value is -2.15. The first-order valence-corrected chi connectivity index (χ1v) is 8.55. The summed E-state index contributed by atoms with van der Waals surface area (Å²) in [6.07, 6.45) is 2.39. The lowest BCUT2D eigenvalue weighted by Gasteiger charge is -2.12. The van der Waals surface area contributed by atoms with E-state index in [0.29, 0.717) is 17.1 Å². The van der Waals surface area contributed by atoms with Crippen LogP contribution < -0.4 is 10.6 Å². The molecular formula is C17H18BrN3O3. The van der Waals surface area contributed by atoms with Crippen LogP contribution >= 0.6 is 15.9 Å². The maximum Gasteiger partial charge on any atom is 0.356 e. The molecule has 24 heavy (non-hydrogen) atoms. The molecule has 0 atom stereocenters. The lowest BCUT2D eigenvalue weighted by Crippen LogP contribution is -2.31. The molecule has 1 aromatic heterocycles. The zero-order chi connectivity index (χ0) is 17.1. The molecule has 0 saturated heterocycles. The SMILES string of the molecule is COC(=O)c1cc(NCC(=O)NCC2CC2)c2cc(Br)ccc2n1. The summed E-state index contributed by atoms with van der Waals surface area (Å²) in [6, 6.07) is 7.16. The zero-order valence-electron chi connectivity index (χ0n) is 13.3. The fourth-order valence-corrected chi connectivity index (χ4v) is 2.73. The number of nitrogens with one attached hydrogen (secondary N) is 2. The second kappa shape index (κ2) is 7.17. The molecule has 1 fully saturated rings. The summed E-state index contributed by atoms with van der Waals surface area (Å²) in [6.45, 7) is 0.871. The molecule has 2 aromatic rings. The smallest absolute Gasteiger partial charge is 0.356 e. The molecule has 1 aromatic carbocycles. The van der Waals surface area contributed by atoms with Gasteiger partial charge in [0.05, 0.1) is 19.2 Å². The number of methoxy groups -OCH3 is 1. The number of hydrogen-bond acceptors (Lipinski definition) is 5. The Labute approximate surface area is 148 Å². The number of benzene rings is 1. The van der Waals surface area contributed by atoms with Gasteiger partial charge in [0.2, 0.25) is 5.91 Å². The van der Waals surface area contributed by atoms with Crippen LogP contribution in [0.5, 0.6) is 0 Å². The van der Waals surface area contributed by atoms with Crippen molar-refractivity contribution in [1.29, 1.82) is 0 Å². The minimum atomic E-state index is -0.513. The monoisotopic (exact) mass is 391 g/mol. The molecule has 1 heterocycles. The van der Waals surface area contributed by atoms with E-state index in [1.807, 2.05) is 18.2 Å². The van der Waals surface area contributed by atoms with Gasteiger partial charge in [0.1, 0.15) is 0 Å². The Bertz CT molecular complexity index is 790. The number of rotatable bonds is 6. The van der Waals surface area contributed by atoms with E-state index in [1.165, 1.54) is 20.0 Å². The first-order valence-electron chi connectivity index (χ1n) is 7.76. The molecule has 1 saturated carbocycles. The molecule has 0 bridgehead atoms. The van der Waals surface area contributed by atoms with E-state index in [-0.39, 0.29) is 18.1 Å². The predicted molar refractivity (Wildman–Crippen MR) is 95.0 cm³/mol. The van der Waals surface area contributed by atoms with Crippen LogP contribution in [0.1, 0.15) is 23.3 Å². The molecule has 7 heteroatoms. The molecule has 2 N–H and O–H groups in total. The second-order valence-electron chi connectivity index (χ2n) is 5.81. The van der Waals surface area contributed by atoms with Crippen molar-refractivity contribution in [2.45, 2.75) is 12.8 Å². The number of pyridine rings is 1. The number of esters is 1. The molecule has 0 radical (unpaired) electrons. The molecule has 126 valence electrons. The van der Waals surface area contributed by atoms with E-state index in [2.05, 4.69) is 31.5 Å². The van der Waals surface area contributed by atoms with Crippen molar-refractivity contribution in [3.8, 4) is 0 Å². The van der Waals surface area contributed by atoms with Crippen LogP contribution in [0.2, 0.25) is 0 Å². The standard InChI is InChI=1S/C17H18BrN3O3/c1-24-17(23)15-7-14(12-6-11(18)4-5-13(12)21-15)19-9-16(22)20-8-10-2-3-10/h4-7,10H,2-3,8-9H2,1H3,(H,19,21)(H,20,22). The summed E-state index contributed by atoms with van der Waals surface area (Å²) in [5, 5.41) is 6.83. The van der Waals surface area contributed by atoms with Gasteiger partial charge in [-0.15, -0.1) is 0 Å². The quantitative estimate of drug-likeness (QED) is 0.739. The number of carbonyl (C=O) groups is 2. The lowest BCUT2D eigenvalue weighted by atomic mass is 10.1. The summed E-state index contributed by atoms with van der Waals surface area (Å²) in [4.78, 5) is 28.0. The van der Waals surface area contributed by atoms with Crippen LogP contribution in [0.15, 0.2) is 28.7 Å². The average Bonchev–Trinajstić information content (AvgIpc) is 3.41. The maximum atomic E-state index is 11.9. The Morgan fingerprint density at radius 3 is 2.83 bits per heavy atom. The number of amides is 1. The molecule has 0 aliphatic heterocycles. The molecule has 1 aliphatic carbocycles. The number of nitrogens with zero attached hydrogens (tertiary/aromatic N) is 1. The first kappa shape index (κ1) is 16.7. The largest absolute Gasteiger partial charge is 0.464 e. The summed E-state index contributed by atoms with van der Waals surface area (Å²) >= 11 is 3.43. The number of halogens is 1. The Kier molecular flexibility index (Phi) is 4.99. The number of anilines is 1. The van der Waals surface area contributed by atoms with Gasteiger partial charge in [-0.3, -0.25) is 4.79 Å². The van der Waals surface area contributed by atoms with Crippen molar-refractivity contribution in [1.82, 2.24) is 10.3 Å². The van der Waals surface area contributed by atoms with Gasteiger partial charge in [-0.25, -0.2) is 9.78 Å². The van der Waals surface area contributed by atoms with Crippen molar-refractivity contribution in [2.24, 2.45) is 5.92 Å². The van der Waals surface area contributed by atoms with E-state index in [4.69, 9.17) is 4.74 Å². The topological polar surface area (TPSA) is 80.3 Å². The highest BCUT2D eigenvalue weighted by Crippen LogP contribution is 2.28. The first-order chi connectivity index (χ1) is 11.6. The Balaban J connectivity index is 1.81. The molecular weight excluding hydrogens is 374 g/mol. The highest BCUT2D eigenvalue weighted by Gasteiger charge is 2.21. The van der Waals surface area contributed by atoms with Gasteiger partial charge in [-0.05, 0) is 43.0 Å². The van der Waals surface area contributed by atoms with E-state index in [0.717, 1.165) is 16.4 Å². The zero-order valence-corrected chi connectivity index (χ0v) is 14.9. The number of ether oxygens (including phenoxy) is 1. The maximum absolute atomic E-state index is 11.9. The van der Waals surface area contributed by atoms with Gasteiger partial charge in [0, 0.05) is 22.1 Å². The van der Waals surface area contributed by atoms with Crippen LogP contribution in [-0.2, 0) is 9.53 Å². The normalized spacial score (nSPS) is 13.6. The van der Waals surface area contributed by atoms with Crippen LogP contribution in [0.4, 0.5) is 5.69 Å². The highest BCUT2D eigenvalue weighted by atomic mass is 79.9. The summed E-state index contributed by atoms with van der Waals surface area (Å²) in [5.74, 6) is 0.0557. The minimum absolute atomic E-state index is 0.0681. The summed E-state index contributed by atoms with van der Waals surface area (Å²) in [5.41, 5.74) is 1.53. The minimum Gasteiger partial charge on any atom is -0.464 e. The van der Waals surface area contributed by atoms with E-state index in [1.54, 1.807) is 6.07 Å². The Morgan fingerprint density at radius 1 is 1.33 bits per heavy atom. The van der Waals surface area contributed by atoms with Gasteiger partial charge in [-0.2, -0.15) is 0 Å². The molecule has 6 nitrogen and oxygen atoms in total. The van der Waals surface area contributed by atoms with Crippen LogP contribution in [0.3, 0.4) is 0 Å². The predicted octanol–water partition coefficient (Wildman–Crippen LogP) is 2.72. The van der Waals surface area contributed by atoms with Crippen LogP contribution in [0.25, 0.3) is 10.9 Å². The van der Waals surface area contributed by atoms with Crippen molar-refractivity contribution >= 4 is 44.4 Å². The van der Waals surface area contributed by atoms with Crippen molar-refractivity contribution < 1.29 is 14.3 Å². The fourth-order valence-electron chi connectivity index (χ4n) is 2.37. The van der Waals surface area contributed by atoms with Gasteiger partial charge in [0.15, 0.2) is 5.69 Å². The fraction of sp³-hybridized carbons (Fsp3) is 0.353. The second-order valence-corrected chi connectivity index (χ2v) is 6.72. The van der Waals surface area contributed by atoms with Crippen molar-refractivity contribution in [3.63, 3.8) is 0 Å². The Morgan fingerprint density at radius 2 is 2.12 bits per heavy atom. The van der Waals surface area contributed by atoms with Gasteiger partial charge in [0.25, 0.3) is 0 Å². The van der Waals surface area contributed by atoms with E-state index in [9.17, 15) is 9.59 Å².